The van der Waals surface area contributed by atoms with Gasteiger partial charge in [-0.2, -0.15) is 30.6 Å². The number of ether oxygens (including phenoxy) is 3. The second-order valence-corrected chi connectivity index (χ2v) is 26.2. The summed E-state index contributed by atoms with van der Waals surface area (Å²) in [6.07, 6.45) is 18.2. The van der Waals surface area contributed by atoms with Crippen LogP contribution in [0.3, 0.4) is 0 Å². The Morgan fingerprint density at radius 1 is 0.523 bits per heavy atom. The monoisotopic (exact) mass is 1170 g/mol. The molecule has 7 aromatic heterocycles. The quantitative estimate of drug-likeness (QED) is 0.0940. The Bertz CT molecular complexity index is 3950. The number of nitrogens with zero attached hydrogens (tertiary/aromatic N) is 13. The van der Waals surface area contributed by atoms with Crippen molar-refractivity contribution in [3.05, 3.63) is 84.6 Å². The molecular weight excluding hydrogens is 1080 g/mol. The highest BCUT2D eigenvalue weighted by Gasteiger charge is 2.32. The van der Waals surface area contributed by atoms with Gasteiger partial charge in [0.15, 0.2) is 0 Å². The molecule has 3 aliphatic rings. The molecule has 3 fully saturated rings. The van der Waals surface area contributed by atoms with Crippen molar-refractivity contribution in [2.45, 2.75) is 184 Å². The Morgan fingerprint density at radius 2 is 0.965 bits per heavy atom. The number of carbonyl (C=O) groups is 3. The van der Waals surface area contributed by atoms with Gasteiger partial charge in [-0.3, -0.25) is 42.5 Å². The number of aromatic nitrogens is 13. The third kappa shape index (κ3) is 13.2. The number of carbonyl (C=O) groups excluding carboxylic acids is 3. The van der Waals surface area contributed by atoms with Gasteiger partial charge in [0, 0.05) is 142 Å². The maximum atomic E-state index is 11.7. The predicted octanol–water partition coefficient (Wildman–Crippen LogP) is 13.0. The van der Waals surface area contributed by atoms with Gasteiger partial charge in [-0.25, -0.2) is 4.98 Å². The van der Waals surface area contributed by atoms with Crippen LogP contribution in [0.1, 0.15) is 150 Å². The normalized spacial score (nSPS) is 18.3. The number of pyridine rings is 1. The van der Waals surface area contributed by atoms with Crippen molar-refractivity contribution in [3.63, 3.8) is 0 Å². The van der Waals surface area contributed by atoms with Crippen LogP contribution in [0.5, 0.6) is 17.4 Å². The molecule has 0 aliphatic heterocycles. The van der Waals surface area contributed by atoms with E-state index < -0.39 is 0 Å². The first-order valence-corrected chi connectivity index (χ1v) is 30.7. The summed E-state index contributed by atoms with van der Waals surface area (Å²) < 4.78 is 30.8. The van der Waals surface area contributed by atoms with Gasteiger partial charge < -0.3 is 14.2 Å². The number of Topliss-reactive ketones (excluding diaryl/α,β-unsaturated/α-hetero) is 3. The summed E-state index contributed by atoms with van der Waals surface area (Å²) in [6.45, 7) is 28.1. The number of ketones is 3. The van der Waals surface area contributed by atoms with E-state index in [-0.39, 0.29) is 41.6 Å². The molecule has 456 valence electrons. The third-order valence-electron chi connectivity index (χ3n) is 17.8. The van der Waals surface area contributed by atoms with E-state index in [2.05, 4.69) is 143 Å². The molecule has 19 heteroatoms. The molecule has 3 saturated carbocycles. The number of hydrogen-bond donors (Lipinski definition) is 0. The topological polar surface area (TPSA) is 199 Å². The van der Waals surface area contributed by atoms with E-state index >= 15 is 0 Å². The molecule has 0 unspecified atom stereocenters. The van der Waals surface area contributed by atoms with Gasteiger partial charge in [0.25, 0.3) is 0 Å². The first kappa shape index (κ1) is 61.1. The Balaban J connectivity index is 0.000000143. The second kappa shape index (κ2) is 24.8. The van der Waals surface area contributed by atoms with Gasteiger partial charge in [0.1, 0.15) is 40.5 Å². The lowest BCUT2D eigenvalue weighted by atomic mass is 10.0. The van der Waals surface area contributed by atoms with E-state index in [1.54, 1.807) is 0 Å². The number of benzene rings is 2. The highest BCUT2D eigenvalue weighted by atomic mass is 16.5. The van der Waals surface area contributed by atoms with Crippen molar-refractivity contribution in [2.24, 2.45) is 44.8 Å². The van der Waals surface area contributed by atoms with Crippen LogP contribution in [0.2, 0.25) is 0 Å². The predicted molar refractivity (Wildman–Crippen MR) is 335 cm³/mol. The molecule has 0 bridgehead atoms. The minimum Gasteiger partial charge on any atom is -0.490 e. The average Bonchev–Trinajstić information content (AvgIpc) is 1.88. The van der Waals surface area contributed by atoms with Crippen LogP contribution >= 0.6 is 0 Å². The minimum atomic E-state index is -0.104. The van der Waals surface area contributed by atoms with Crippen molar-refractivity contribution in [2.75, 3.05) is 0 Å². The maximum absolute atomic E-state index is 11.7. The number of hydrogen-bond acceptors (Lipinski definition) is 13. The lowest BCUT2D eigenvalue weighted by Gasteiger charge is -2.21. The summed E-state index contributed by atoms with van der Waals surface area (Å²) in [7, 11) is 5.84. The molecule has 0 amide bonds. The Hall–Kier alpha value is -7.96. The van der Waals surface area contributed by atoms with Crippen molar-refractivity contribution >= 4 is 50.1 Å². The molecule has 86 heavy (non-hydrogen) atoms. The van der Waals surface area contributed by atoms with Gasteiger partial charge in [-0.15, -0.1) is 0 Å². The molecule has 2 aromatic carbocycles. The molecule has 3 aliphatic carbocycles. The van der Waals surface area contributed by atoms with Crippen molar-refractivity contribution in [1.29, 1.82) is 0 Å². The first-order chi connectivity index (χ1) is 40.8. The Morgan fingerprint density at radius 3 is 1.40 bits per heavy atom. The number of aryl methyl sites for hydroxylation is 6. The first-order valence-electron chi connectivity index (χ1n) is 30.7. The van der Waals surface area contributed by atoms with Crippen LogP contribution in [-0.2, 0) is 47.6 Å². The molecule has 12 rings (SSSR count). The summed E-state index contributed by atoms with van der Waals surface area (Å²) in [5.41, 5.74) is 11.7. The largest absolute Gasteiger partial charge is 0.490 e. The summed E-state index contributed by atoms with van der Waals surface area (Å²) >= 11 is 0. The fourth-order valence-corrected chi connectivity index (χ4v) is 12.1. The second-order valence-electron chi connectivity index (χ2n) is 26.2. The van der Waals surface area contributed by atoms with E-state index in [9.17, 15) is 14.4 Å². The molecular formula is C67H87N13O6. The van der Waals surface area contributed by atoms with Crippen molar-refractivity contribution in [1.82, 2.24) is 63.7 Å². The van der Waals surface area contributed by atoms with Gasteiger partial charge in [-0.05, 0) is 143 Å². The molecule has 19 nitrogen and oxygen atoms in total. The average molecular weight is 1170 g/mol. The van der Waals surface area contributed by atoms with Gasteiger partial charge in [-0.1, -0.05) is 13.8 Å². The van der Waals surface area contributed by atoms with E-state index in [4.69, 9.17) is 19.2 Å². The van der Waals surface area contributed by atoms with Crippen LogP contribution in [0, 0.1) is 44.4 Å². The smallest absolute Gasteiger partial charge is 0.225 e. The molecule has 6 atom stereocenters. The fourth-order valence-electron chi connectivity index (χ4n) is 12.1. The molecule has 9 aromatic rings. The zero-order valence-corrected chi connectivity index (χ0v) is 53.3. The standard InChI is InChI=1S/C23H30N4O2.C22H29N5O2.C22H28N4O2/c1-14(2)12-27-13-19(11-24-27)18-9-21-23(15(3)26(5)25-21)22(10-18)29-16(4)17-6-7-20(28)8-17;1-13-20-19(25-26(13)6)10-18(16-11-23-27(12-16)22(3,4)5)24-21(20)29-14(2)15-7-8-17(28)9-15;1-13(2)26-12-18(11-23-26)17-9-20-22(14(3)25(5)24-20)21(10-17)28-15(4)16-6-7-19(27)8-16/h9-11,13-14,16-17H,6-8,12H2,1-5H3;10-12,14-15H,7-9H2,1-6H3;9-13,15-16H,6-8H2,1-5H3/t16-,17+;14-,15+;15-,16+/m111/s1. The number of rotatable bonds is 15. The van der Waals surface area contributed by atoms with Crippen molar-refractivity contribution < 1.29 is 28.6 Å². The van der Waals surface area contributed by atoms with Crippen LogP contribution in [-0.4, -0.2) is 99.3 Å². The van der Waals surface area contributed by atoms with Gasteiger partial charge >= 0.3 is 0 Å². The molecule has 0 saturated heterocycles. The third-order valence-corrected chi connectivity index (χ3v) is 17.8. The van der Waals surface area contributed by atoms with E-state index in [0.717, 1.165) is 121 Å². The summed E-state index contributed by atoms with van der Waals surface area (Å²) in [6, 6.07) is 10.7. The molecule has 0 radical (unpaired) electrons. The van der Waals surface area contributed by atoms with Gasteiger partial charge in [0.2, 0.25) is 5.88 Å². The van der Waals surface area contributed by atoms with E-state index in [1.165, 1.54) is 0 Å². The summed E-state index contributed by atoms with van der Waals surface area (Å²) in [5, 5.41) is 30.5. The molecule has 0 N–H and O–H groups in total. The summed E-state index contributed by atoms with van der Waals surface area (Å²) in [5.74, 6) is 4.62. The highest BCUT2D eigenvalue weighted by molar-refractivity contribution is 5.94. The Labute approximate surface area is 504 Å². The lowest BCUT2D eigenvalue weighted by Crippen LogP contribution is -2.22. The zero-order valence-electron chi connectivity index (χ0n) is 53.3. The van der Waals surface area contributed by atoms with Crippen LogP contribution in [0.4, 0.5) is 0 Å². The maximum Gasteiger partial charge on any atom is 0.225 e. The van der Waals surface area contributed by atoms with Crippen LogP contribution in [0.15, 0.2) is 67.5 Å². The molecule has 7 heterocycles. The van der Waals surface area contributed by atoms with E-state index in [0.29, 0.717) is 73.7 Å². The number of fused-ring (bicyclic) bond motifs is 3. The van der Waals surface area contributed by atoms with Gasteiger partial charge in [0.05, 0.1) is 69.2 Å². The van der Waals surface area contributed by atoms with E-state index in [1.807, 2.05) is 93.9 Å². The molecule has 0 spiro atoms. The minimum absolute atomic E-state index is 0.0110. The fraction of sp³-hybridized carbons (Fsp3) is 0.522. The van der Waals surface area contributed by atoms with Crippen LogP contribution in [0.25, 0.3) is 66.2 Å². The van der Waals surface area contributed by atoms with Crippen LogP contribution < -0.4 is 14.2 Å². The highest BCUT2D eigenvalue weighted by Crippen LogP contribution is 2.40. The SMILES string of the molecule is Cc1c2c(O[C@H](C)[C@H]3CCC(=O)C3)cc(-c3cnn(C(C)C)c3)cc2nn1C.Cc1c2c(O[C@H](C)[C@H]3CCC(=O)C3)cc(-c3cnn(CC(C)C)c3)cc2nn1C.Cc1c2c(O[C@H](C)[C@H]3CCC(=O)C3)nc(-c3cnn(C(C)(C)C)c3)cc2nn1C. The summed E-state index contributed by atoms with van der Waals surface area (Å²) in [4.78, 5) is 40.0. The van der Waals surface area contributed by atoms with Crippen molar-refractivity contribution in [3.8, 4) is 50.9 Å². The zero-order chi connectivity index (χ0) is 61.6. The Kier molecular flexibility index (Phi) is 17.6. The lowest BCUT2D eigenvalue weighted by molar-refractivity contribution is -0.118.